The summed E-state index contributed by atoms with van der Waals surface area (Å²) >= 11 is 0. The fourth-order valence-electron chi connectivity index (χ4n) is 3.11. The first-order valence-corrected chi connectivity index (χ1v) is 10.1. The summed E-state index contributed by atoms with van der Waals surface area (Å²) in [6.45, 7) is 9.92. The molecule has 8 heteroatoms. The lowest BCUT2D eigenvalue weighted by Crippen LogP contribution is -2.24. The van der Waals surface area contributed by atoms with Gasteiger partial charge in [-0.1, -0.05) is 6.92 Å². The summed E-state index contributed by atoms with van der Waals surface area (Å²) in [4.78, 5) is 13.9. The monoisotopic (exact) mass is 396 g/mol. The molecule has 3 aromatic heterocycles. The van der Waals surface area contributed by atoms with Crippen LogP contribution in [-0.4, -0.2) is 80.1 Å². The number of likely N-dealkylation sites (N-methyl/N-ethyl adjacent to an activating group) is 2. The number of aryl methyl sites for hydroxylation is 2. The summed E-state index contributed by atoms with van der Waals surface area (Å²) in [7, 11) is 6.27. The highest BCUT2D eigenvalue weighted by Gasteiger charge is 2.14. The van der Waals surface area contributed by atoms with Crippen molar-refractivity contribution in [2.24, 2.45) is 0 Å². The van der Waals surface area contributed by atoms with E-state index in [2.05, 4.69) is 47.9 Å². The van der Waals surface area contributed by atoms with E-state index in [0.29, 0.717) is 0 Å². The van der Waals surface area contributed by atoms with E-state index in [-0.39, 0.29) is 0 Å². The van der Waals surface area contributed by atoms with Gasteiger partial charge in [0.25, 0.3) is 0 Å². The molecule has 0 aliphatic heterocycles. The van der Waals surface area contributed by atoms with E-state index in [1.165, 1.54) is 0 Å². The molecule has 0 fully saturated rings. The van der Waals surface area contributed by atoms with Crippen LogP contribution >= 0.6 is 0 Å². The lowest BCUT2D eigenvalue weighted by atomic mass is 10.2. The van der Waals surface area contributed by atoms with Crippen LogP contribution in [0.5, 0.6) is 0 Å². The molecular weight excluding hydrogens is 364 g/mol. The molecule has 0 saturated carbocycles. The number of aromatic nitrogens is 6. The van der Waals surface area contributed by atoms with E-state index in [1.807, 2.05) is 47.6 Å². The molecule has 0 aliphatic carbocycles. The van der Waals surface area contributed by atoms with Crippen LogP contribution in [0.3, 0.4) is 0 Å². The highest BCUT2D eigenvalue weighted by molar-refractivity contribution is 5.54. The van der Waals surface area contributed by atoms with Gasteiger partial charge in [-0.15, -0.1) is 0 Å². The predicted molar refractivity (Wildman–Crippen MR) is 115 cm³/mol. The minimum absolute atomic E-state index is 0.727. The Labute approximate surface area is 173 Å². The van der Waals surface area contributed by atoms with Crippen molar-refractivity contribution in [1.29, 1.82) is 0 Å². The van der Waals surface area contributed by atoms with Gasteiger partial charge in [-0.05, 0) is 59.7 Å². The van der Waals surface area contributed by atoms with Crippen molar-refractivity contribution in [2.45, 2.75) is 33.7 Å². The first kappa shape index (κ1) is 21.1. The molecule has 0 spiro atoms. The first-order chi connectivity index (χ1) is 13.9. The Balaban J connectivity index is 1.84. The topological polar surface area (TPSA) is 67.9 Å². The van der Waals surface area contributed by atoms with Crippen LogP contribution in [0.15, 0.2) is 24.4 Å². The second-order valence-electron chi connectivity index (χ2n) is 7.77. The molecule has 3 rings (SSSR count). The zero-order valence-electron chi connectivity index (χ0n) is 18.4. The van der Waals surface area contributed by atoms with Gasteiger partial charge in [-0.2, -0.15) is 10.2 Å². The van der Waals surface area contributed by atoms with E-state index >= 15 is 0 Å². The third-order valence-corrected chi connectivity index (χ3v) is 5.00. The molecule has 0 unspecified atom stereocenters. The van der Waals surface area contributed by atoms with Gasteiger partial charge in [0.05, 0.1) is 12.2 Å². The third-order valence-electron chi connectivity index (χ3n) is 5.00. The smallest absolute Gasteiger partial charge is 0.182 e. The molecule has 0 aromatic carbocycles. The van der Waals surface area contributed by atoms with E-state index in [0.717, 1.165) is 67.0 Å². The number of pyridine rings is 1. The maximum atomic E-state index is 4.83. The highest BCUT2D eigenvalue weighted by Crippen LogP contribution is 2.18. The Bertz CT molecular complexity index is 923. The van der Waals surface area contributed by atoms with Crippen molar-refractivity contribution in [3.05, 3.63) is 41.6 Å². The standard InChI is InChI=1S/C21H32N8/c1-7-27(6)11-10-20-23-21(25-28(20)13-12-26(4)5)18-8-9-19(22-15-18)29-17(3)14-16(2)24-29/h8-9,14-15H,7,10-13H2,1-6H3. The van der Waals surface area contributed by atoms with Crippen molar-refractivity contribution in [3.8, 4) is 17.2 Å². The summed E-state index contributed by atoms with van der Waals surface area (Å²) in [5.74, 6) is 2.55. The van der Waals surface area contributed by atoms with Gasteiger partial charge < -0.3 is 9.80 Å². The quantitative estimate of drug-likeness (QED) is 0.552. The molecule has 0 saturated heterocycles. The Kier molecular flexibility index (Phi) is 6.76. The minimum atomic E-state index is 0.727. The van der Waals surface area contributed by atoms with E-state index in [4.69, 9.17) is 10.1 Å². The van der Waals surface area contributed by atoms with Crippen LogP contribution in [0.25, 0.3) is 17.2 Å². The molecule has 3 aromatic rings. The van der Waals surface area contributed by atoms with Gasteiger partial charge in [0.1, 0.15) is 5.82 Å². The maximum Gasteiger partial charge on any atom is 0.182 e. The fourth-order valence-corrected chi connectivity index (χ4v) is 3.11. The van der Waals surface area contributed by atoms with Crippen molar-refractivity contribution < 1.29 is 0 Å². The Hall–Kier alpha value is -2.58. The Morgan fingerprint density at radius 3 is 2.41 bits per heavy atom. The van der Waals surface area contributed by atoms with Crippen LogP contribution in [0.2, 0.25) is 0 Å². The van der Waals surface area contributed by atoms with Crippen LogP contribution < -0.4 is 0 Å². The van der Waals surface area contributed by atoms with Gasteiger partial charge >= 0.3 is 0 Å². The Morgan fingerprint density at radius 1 is 1.03 bits per heavy atom. The molecule has 156 valence electrons. The van der Waals surface area contributed by atoms with Crippen LogP contribution in [-0.2, 0) is 13.0 Å². The van der Waals surface area contributed by atoms with Gasteiger partial charge in [0, 0.05) is 37.0 Å². The van der Waals surface area contributed by atoms with Crippen molar-refractivity contribution >= 4 is 0 Å². The highest BCUT2D eigenvalue weighted by atomic mass is 15.4. The van der Waals surface area contributed by atoms with E-state index in [1.54, 1.807) is 0 Å². The second-order valence-corrected chi connectivity index (χ2v) is 7.77. The van der Waals surface area contributed by atoms with Gasteiger partial charge in [0.15, 0.2) is 11.6 Å². The van der Waals surface area contributed by atoms with Gasteiger partial charge in [-0.25, -0.2) is 19.3 Å². The van der Waals surface area contributed by atoms with Gasteiger partial charge in [-0.3, -0.25) is 0 Å². The zero-order valence-corrected chi connectivity index (χ0v) is 18.4. The van der Waals surface area contributed by atoms with E-state index < -0.39 is 0 Å². The molecule has 0 amide bonds. The summed E-state index contributed by atoms with van der Waals surface area (Å²) in [6, 6.07) is 6.04. The summed E-state index contributed by atoms with van der Waals surface area (Å²) in [6.07, 6.45) is 2.71. The molecule has 3 heterocycles. The van der Waals surface area contributed by atoms with Crippen molar-refractivity contribution in [1.82, 2.24) is 39.3 Å². The van der Waals surface area contributed by atoms with Crippen LogP contribution in [0.1, 0.15) is 24.1 Å². The normalized spacial score (nSPS) is 11.7. The van der Waals surface area contributed by atoms with Gasteiger partial charge in [0.2, 0.25) is 0 Å². The second kappa shape index (κ2) is 9.28. The van der Waals surface area contributed by atoms with Crippen LogP contribution in [0, 0.1) is 13.8 Å². The molecule has 29 heavy (non-hydrogen) atoms. The summed E-state index contributed by atoms with van der Waals surface area (Å²) in [5.41, 5.74) is 2.97. The average Bonchev–Trinajstić information content (AvgIpc) is 3.26. The molecule has 0 radical (unpaired) electrons. The Morgan fingerprint density at radius 2 is 1.83 bits per heavy atom. The fraction of sp³-hybridized carbons (Fsp3) is 0.524. The number of hydrogen-bond donors (Lipinski definition) is 0. The SMILES string of the molecule is CCN(C)CCc1nc(-c2ccc(-n3nc(C)cc3C)nc2)nn1CCN(C)C. The predicted octanol–water partition coefficient (Wildman–Crippen LogP) is 2.20. The molecule has 0 aliphatic rings. The molecule has 0 N–H and O–H groups in total. The van der Waals surface area contributed by atoms with Crippen LogP contribution in [0.4, 0.5) is 0 Å². The lowest BCUT2D eigenvalue weighted by molar-refractivity contribution is 0.342. The molecule has 0 atom stereocenters. The maximum absolute atomic E-state index is 4.83. The lowest BCUT2D eigenvalue weighted by Gasteiger charge is -2.14. The summed E-state index contributed by atoms with van der Waals surface area (Å²) < 4.78 is 3.89. The molecule has 0 bridgehead atoms. The minimum Gasteiger partial charge on any atom is -0.308 e. The largest absolute Gasteiger partial charge is 0.308 e. The van der Waals surface area contributed by atoms with Crippen molar-refractivity contribution in [2.75, 3.05) is 40.8 Å². The molecule has 8 nitrogen and oxygen atoms in total. The first-order valence-electron chi connectivity index (χ1n) is 10.1. The number of hydrogen-bond acceptors (Lipinski definition) is 6. The molecular formula is C21H32N8. The average molecular weight is 397 g/mol. The number of nitrogens with zero attached hydrogens (tertiary/aromatic N) is 8. The third kappa shape index (κ3) is 5.27. The van der Waals surface area contributed by atoms with Crippen molar-refractivity contribution in [3.63, 3.8) is 0 Å². The zero-order chi connectivity index (χ0) is 21.0. The summed E-state index contributed by atoms with van der Waals surface area (Å²) in [5, 5.41) is 9.28. The van der Waals surface area contributed by atoms with E-state index in [9.17, 15) is 0 Å². The number of rotatable bonds is 9.